The molecule has 1 aliphatic heterocycles. The molecule has 3 rings (SSSR count). The summed E-state index contributed by atoms with van der Waals surface area (Å²) in [6.07, 6.45) is 3.66. The van der Waals surface area contributed by atoms with Crippen molar-refractivity contribution in [2.45, 2.75) is 37.5 Å². The molecule has 0 unspecified atom stereocenters. The molecular formula is C18H16F3N5O. The lowest BCUT2D eigenvalue weighted by atomic mass is 10.0. The van der Waals surface area contributed by atoms with E-state index in [9.17, 15) is 18.0 Å². The predicted octanol–water partition coefficient (Wildman–Crippen LogP) is 4.19. The minimum Gasteiger partial charge on any atom is -0.326 e. The van der Waals surface area contributed by atoms with Crippen LogP contribution in [0.15, 0.2) is 46.8 Å². The van der Waals surface area contributed by atoms with Gasteiger partial charge in [-0.15, -0.1) is 12.3 Å². The number of halogens is 3. The van der Waals surface area contributed by atoms with Crippen LogP contribution in [0.25, 0.3) is 5.69 Å². The van der Waals surface area contributed by atoms with Crippen LogP contribution in [-0.2, 0) is 11.0 Å². The number of aromatic nitrogens is 2. The fourth-order valence-corrected chi connectivity index (χ4v) is 2.61. The molecule has 0 saturated carbocycles. The lowest BCUT2D eigenvalue weighted by molar-refractivity contribution is -0.142. The number of terminal acetylenes is 1. The van der Waals surface area contributed by atoms with Gasteiger partial charge in [-0.1, -0.05) is 0 Å². The molecule has 1 aromatic heterocycles. The summed E-state index contributed by atoms with van der Waals surface area (Å²) in [5, 5.41) is 14.3. The number of rotatable bonds is 7. The SMILES string of the molecule is C#CCCC1(CCC(=O)Nc2ccc(-n3nccc3C(F)(F)F)cc2)N=N1. The van der Waals surface area contributed by atoms with Gasteiger partial charge in [0, 0.05) is 31.4 Å². The zero-order chi connectivity index (χ0) is 19.5. The largest absolute Gasteiger partial charge is 0.433 e. The lowest BCUT2D eigenvalue weighted by Crippen LogP contribution is -2.17. The van der Waals surface area contributed by atoms with Crippen LogP contribution in [0.4, 0.5) is 18.9 Å². The third kappa shape index (κ3) is 4.53. The van der Waals surface area contributed by atoms with E-state index >= 15 is 0 Å². The maximum Gasteiger partial charge on any atom is 0.433 e. The van der Waals surface area contributed by atoms with E-state index in [1.165, 1.54) is 24.3 Å². The van der Waals surface area contributed by atoms with Gasteiger partial charge >= 0.3 is 6.18 Å². The van der Waals surface area contributed by atoms with Crippen LogP contribution < -0.4 is 5.32 Å². The first kappa shape index (κ1) is 18.6. The van der Waals surface area contributed by atoms with Gasteiger partial charge in [-0.2, -0.15) is 28.5 Å². The van der Waals surface area contributed by atoms with Crippen molar-refractivity contribution >= 4 is 11.6 Å². The first-order valence-electron chi connectivity index (χ1n) is 8.22. The Morgan fingerprint density at radius 1 is 1.19 bits per heavy atom. The Hall–Kier alpha value is -3.15. The van der Waals surface area contributed by atoms with Crippen molar-refractivity contribution in [2.24, 2.45) is 10.2 Å². The highest BCUT2D eigenvalue weighted by molar-refractivity contribution is 5.90. The number of nitrogens with one attached hydrogen (secondary N) is 1. The minimum absolute atomic E-state index is 0.219. The van der Waals surface area contributed by atoms with Crippen molar-refractivity contribution in [3.05, 3.63) is 42.2 Å². The van der Waals surface area contributed by atoms with E-state index in [1.54, 1.807) is 0 Å². The number of anilines is 1. The molecule has 2 aromatic rings. The van der Waals surface area contributed by atoms with E-state index in [2.05, 4.69) is 26.6 Å². The third-order valence-corrected chi connectivity index (χ3v) is 4.13. The number of alkyl halides is 3. The predicted molar refractivity (Wildman–Crippen MR) is 92.1 cm³/mol. The zero-order valence-electron chi connectivity index (χ0n) is 14.2. The molecule has 2 heterocycles. The smallest absolute Gasteiger partial charge is 0.326 e. The summed E-state index contributed by atoms with van der Waals surface area (Å²) in [5.74, 6) is 2.30. The molecule has 1 aromatic carbocycles. The van der Waals surface area contributed by atoms with Crippen molar-refractivity contribution in [1.29, 1.82) is 0 Å². The molecule has 1 amide bonds. The molecule has 0 atom stereocenters. The quantitative estimate of drug-likeness (QED) is 0.737. The Morgan fingerprint density at radius 2 is 1.89 bits per heavy atom. The number of hydrogen-bond acceptors (Lipinski definition) is 4. The van der Waals surface area contributed by atoms with E-state index < -0.39 is 17.5 Å². The van der Waals surface area contributed by atoms with Gasteiger partial charge in [0.1, 0.15) is 5.69 Å². The zero-order valence-corrected chi connectivity index (χ0v) is 14.2. The molecule has 9 heteroatoms. The molecule has 6 nitrogen and oxygen atoms in total. The van der Waals surface area contributed by atoms with E-state index in [4.69, 9.17) is 6.42 Å². The number of nitrogens with zero attached hydrogens (tertiary/aromatic N) is 4. The molecule has 0 aliphatic carbocycles. The number of hydrogen-bond donors (Lipinski definition) is 1. The van der Waals surface area contributed by atoms with Gasteiger partial charge in [0.05, 0.1) is 11.9 Å². The van der Waals surface area contributed by atoms with Crippen molar-refractivity contribution in [2.75, 3.05) is 5.32 Å². The van der Waals surface area contributed by atoms with Crippen LogP contribution in [0.2, 0.25) is 0 Å². The fraction of sp³-hybridized carbons (Fsp3) is 0.333. The van der Waals surface area contributed by atoms with Crippen LogP contribution in [0.5, 0.6) is 0 Å². The Labute approximate surface area is 153 Å². The second-order valence-electron chi connectivity index (χ2n) is 6.11. The summed E-state index contributed by atoms with van der Waals surface area (Å²) in [6.45, 7) is 0. The molecule has 1 N–H and O–H groups in total. The summed E-state index contributed by atoms with van der Waals surface area (Å²) >= 11 is 0. The van der Waals surface area contributed by atoms with E-state index in [-0.39, 0.29) is 18.0 Å². The van der Waals surface area contributed by atoms with Crippen molar-refractivity contribution in [3.8, 4) is 18.0 Å². The highest BCUT2D eigenvalue weighted by atomic mass is 19.4. The highest BCUT2D eigenvalue weighted by Crippen LogP contribution is 2.37. The van der Waals surface area contributed by atoms with Gasteiger partial charge in [0.25, 0.3) is 0 Å². The van der Waals surface area contributed by atoms with Gasteiger partial charge in [0.2, 0.25) is 5.91 Å². The highest BCUT2D eigenvalue weighted by Gasteiger charge is 2.39. The third-order valence-electron chi connectivity index (χ3n) is 4.13. The maximum absolute atomic E-state index is 12.9. The normalized spacial score (nSPS) is 14.6. The molecule has 0 saturated heterocycles. The van der Waals surface area contributed by atoms with Crippen molar-refractivity contribution in [1.82, 2.24) is 9.78 Å². The Morgan fingerprint density at radius 3 is 2.48 bits per heavy atom. The van der Waals surface area contributed by atoms with Crippen LogP contribution in [0.1, 0.15) is 31.4 Å². The molecule has 1 aliphatic rings. The summed E-state index contributed by atoms with van der Waals surface area (Å²) in [6, 6.07) is 6.86. The van der Waals surface area contributed by atoms with Crippen LogP contribution in [0, 0.1) is 12.3 Å². The standard InChI is InChI=1S/C18H16F3N5O/c1-2-3-10-17(24-25-17)11-8-16(27)23-13-4-6-14(7-5-13)26-15(9-12-22-26)18(19,20)21/h1,4-7,9,12H,3,8,10-11H2,(H,23,27). The molecule has 140 valence electrons. The summed E-state index contributed by atoms with van der Waals surface area (Å²) in [7, 11) is 0. The van der Waals surface area contributed by atoms with E-state index in [0.717, 1.165) is 16.9 Å². The molecular weight excluding hydrogens is 359 g/mol. The average molecular weight is 375 g/mol. The van der Waals surface area contributed by atoms with E-state index in [1.807, 2.05) is 0 Å². The van der Waals surface area contributed by atoms with Crippen LogP contribution >= 0.6 is 0 Å². The van der Waals surface area contributed by atoms with Gasteiger partial charge < -0.3 is 5.32 Å². The van der Waals surface area contributed by atoms with Crippen molar-refractivity contribution < 1.29 is 18.0 Å². The molecule has 27 heavy (non-hydrogen) atoms. The first-order valence-corrected chi connectivity index (χ1v) is 8.22. The van der Waals surface area contributed by atoms with Gasteiger partial charge in [0.15, 0.2) is 5.66 Å². The minimum atomic E-state index is -4.50. The first-order chi connectivity index (χ1) is 12.8. The molecule has 0 spiro atoms. The van der Waals surface area contributed by atoms with E-state index in [0.29, 0.717) is 24.9 Å². The van der Waals surface area contributed by atoms with Gasteiger partial charge in [-0.25, -0.2) is 4.68 Å². The molecule has 0 radical (unpaired) electrons. The van der Waals surface area contributed by atoms with Gasteiger partial charge in [-0.05, 0) is 30.3 Å². The Kier molecular flexibility index (Phi) is 4.99. The monoisotopic (exact) mass is 375 g/mol. The number of amides is 1. The van der Waals surface area contributed by atoms with Crippen LogP contribution in [0.3, 0.4) is 0 Å². The maximum atomic E-state index is 12.9. The lowest BCUT2D eigenvalue weighted by Gasteiger charge is -2.12. The van der Waals surface area contributed by atoms with Crippen LogP contribution in [-0.4, -0.2) is 21.4 Å². The number of benzene rings is 1. The topological polar surface area (TPSA) is 71.6 Å². The second-order valence-corrected chi connectivity index (χ2v) is 6.11. The fourth-order valence-electron chi connectivity index (χ4n) is 2.61. The summed E-state index contributed by atoms with van der Waals surface area (Å²) in [4.78, 5) is 12.1. The average Bonchev–Trinajstić information content (AvgIpc) is 3.21. The molecule has 0 bridgehead atoms. The Balaban J connectivity index is 1.58. The second kappa shape index (κ2) is 7.23. The summed E-state index contributed by atoms with van der Waals surface area (Å²) < 4.78 is 39.6. The Bertz CT molecular complexity index is 887. The number of carbonyl (C=O) groups excluding carboxylic acids is 1. The van der Waals surface area contributed by atoms with Gasteiger partial charge in [-0.3, -0.25) is 4.79 Å². The summed E-state index contributed by atoms with van der Waals surface area (Å²) in [5.41, 5.74) is -0.670. The molecule has 0 fully saturated rings. The van der Waals surface area contributed by atoms with Crippen molar-refractivity contribution in [3.63, 3.8) is 0 Å². The number of carbonyl (C=O) groups is 1.